The Kier molecular flexibility index (Phi) is 3.14. The molecule has 0 aliphatic heterocycles. The van der Waals surface area contributed by atoms with Crippen LogP contribution in [0.4, 0.5) is 0 Å². The molecule has 0 amide bonds. The summed E-state index contributed by atoms with van der Waals surface area (Å²) in [4.78, 5) is 28.8. The molecule has 0 saturated carbocycles. The minimum absolute atomic E-state index is 0.0418. The molecular formula is C15H12N4O3. The topological polar surface area (TPSA) is 93.8 Å². The van der Waals surface area contributed by atoms with Crippen molar-refractivity contribution in [2.24, 2.45) is 14.1 Å². The summed E-state index contributed by atoms with van der Waals surface area (Å²) >= 11 is 0. The molecule has 3 rings (SSSR count). The van der Waals surface area contributed by atoms with Gasteiger partial charge in [0.2, 0.25) is 0 Å². The van der Waals surface area contributed by atoms with Crippen molar-refractivity contribution in [2.45, 2.75) is 6.42 Å². The van der Waals surface area contributed by atoms with Gasteiger partial charge in [-0.25, -0.2) is 9.78 Å². The molecule has 0 aromatic carbocycles. The van der Waals surface area contributed by atoms with E-state index < -0.39 is 11.2 Å². The highest BCUT2D eigenvalue weighted by atomic mass is 16.3. The summed E-state index contributed by atoms with van der Waals surface area (Å²) in [5.74, 6) is 0.509. The lowest BCUT2D eigenvalue weighted by molar-refractivity contribution is 0.580. The second-order valence-corrected chi connectivity index (χ2v) is 4.88. The number of hydrogen-bond acceptors (Lipinski definition) is 5. The molecule has 22 heavy (non-hydrogen) atoms. The first kappa shape index (κ1) is 13.8. The monoisotopic (exact) mass is 296 g/mol. The predicted octanol–water partition coefficient (Wildman–Crippen LogP) is 0.958. The van der Waals surface area contributed by atoms with Gasteiger partial charge in [-0.05, 0) is 23.8 Å². The summed E-state index contributed by atoms with van der Waals surface area (Å²) in [6.45, 7) is 0. The molecule has 0 radical (unpaired) electrons. The Hall–Kier alpha value is -3.14. The molecule has 0 saturated heterocycles. The molecular weight excluding hydrogens is 284 g/mol. The lowest BCUT2D eigenvalue weighted by atomic mass is 10.1. The average molecular weight is 296 g/mol. The van der Waals surface area contributed by atoms with Crippen LogP contribution in [0.3, 0.4) is 0 Å². The fourth-order valence-corrected chi connectivity index (χ4v) is 2.40. The first-order chi connectivity index (χ1) is 10.5. The summed E-state index contributed by atoms with van der Waals surface area (Å²) in [5, 5.41) is 9.29. The van der Waals surface area contributed by atoms with Gasteiger partial charge in [-0.15, -0.1) is 0 Å². The number of nitriles is 1. The smallest absolute Gasteiger partial charge is 0.332 e. The Balaban J connectivity index is 2.50. The van der Waals surface area contributed by atoms with E-state index in [2.05, 4.69) is 4.98 Å². The highest BCUT2D eigenvalue weighted by Gasteiger charge is 2.16. The standard InChI is InChI=1S/C15H12N4O3/c1-18-13-12(14(20)19(2)15(18)21)9(5-6-16)8-10(17-13)11-4-3-7-22-11/h3-4,7-8H,5H2,1-2H3. The van der Waals surface area contributed by atoms with Gasteiger partial charge in [-0.3, -0.25) is 13.9 Å². The average Bonchev–Trinajstić information content (AvgIpc) is 3.05. The van der Waals surface area contributed by atoms with Gasteiger partial charge in [0.1, 0.15) is 11.3 Å². The van der Waals surface area contributed by atoms with Gasteiger partial charge in [0.05, 0.1) is 24.1 Å². The molecule has 7 nitrogen and oxygen atoms in total. The van der Waals surface area contributed by atoms with E-state index in [1.807, 2.05) is 6.07 Å². The van der Waals surface area contributed by atoms with Crippen molar-refractivity contribution in [1.29, 1.82) is 5.26 Å². The van der Waals surface area contributed by atoms with Crippen LogP contribution in [0.1, 0.15) is 5.56 Å². The van der Waals surface area contributed by atoms with Crippen molar-refractivity contribution >= 4 is 11.0 Å². The van der Waals surface area contributed by atoms with Gasteiger partial charge in [0.25, 0.3) is 5.56 Å². The van der Waals surface area contributed by atoms with Crippen LogP contribution in [0.15, 0.2) is 38.5 Å². The van der Waals surface area contributed by atoms with Crippen molar-refractivity contribution in [3.05, 3.63) is 50.9 Å². The third-order valence-electron chi connectivity index (χ3n) is 3.54. The van der Waals surface area contributed by atoms with E-state index in [0.29, 0.717) is 17.0 Å². The van der Waals surface area contributed by atoms with Gasteiger partial charge in [-0.2, -0.15) is 5.26 Å². The fraction of sp³-hybridized carbons (Fsp3) is 0.200. The first-order valence-electron chi connectivity index (χ1n) is 6.55. The zero-order valence-corrected chi connectivity index (χ0v) is 12.0. The number of fused-ring (bicyclic) bond motifs is 1. The lowest BCUT2D eigenvalue weighted by Gasteiger charge is -2.10. The molecule has 0 aliphatic carbocycles. The summed E-state index contributed by atoms with van der Waals surface area (Å²) in [5.41, 5.74) is 0.319. The maximum Gasteiger partial charge on any atom is 0.332 e. The molecule has 0 atom stereocenters. The summed E-state index contributed by atoms with van der Waals surface area (Å²) in [6, 6.07) is 7.13. The van der Waals surface area contributed by atoms with Crippen LogP contribution in [-0.2, 0) is 20.5 Å². The van der Waals surface area contributed by atoms with Crippen molar-refractivity contribution in [3.8, 4) is 17.5 Å². The van der Waals surface area contributed by atoms with Crippen LogP contribution < -0.4 is 11.2 Å². The molecule has 3 aromatic rings. The highest BCUT2D eigenvalue weighted by Crippen LogP contribution is 2.23. The molecule has 7 heteroatoms. The number of aryl methyl sites for hydroxylation is 1. The van der Waals surface area contributed by atoms with Crippen molar-refractivity contribution in [1.82, 2.24) is 14.1 Å². The molecule has 3 aromatic heterocycles. The van der Waals surface area contributed by atoms with Gasteiger partial charge in [0.15, 0.2) is 5.76 Å². The van der Waals surface area contributed by atoms with E-state index in [1.54, 1.807) is 25.2 Å². The maximum atomic E-state index is 12.4. The van der Waals surface area contributed by atoms with Crippen LogP contribution in [0.25, 0.3) is 22.5 Å². The van der Waals surface area contributed by atoms with E-state index in [9.17, 15) is 9.59 Å². The van der Waals surface area contributed by atoms with E-state index in [1.165, 1.54) is 17.9 Å². The lowest BCUT2D eigenvalue weighted by Crippen LogP contribution is -2.37. The van der Waals surface area contributed by atoms with Crippen LogP contribution >= 0.6 is 0 Å². The molecule has 0 spiro atoms. The van der Waals surface area contributed by atoms with Crippen LogP contribution in [0.5, 0.6) is 0 Å². The Morgan fingerprint density at radius 3 is 2.73 bits per heavy atom. The van der Waals surface area contributed by atoms with Crippen molar-refractivity contribution in [3.63, 3.8) is 0 Å². The molecule has 0 fully saturated rings. The highest BCUT2D eigenvalue weighted by molar-refractivity contribution is 5.81. The minimum atomic E-state index is -0.468. The number of pyridine rings is 1. The summed E-state index contributed by atoms with van der Waals surface area (Å²) in [7, 11) is 2.94. The summed E-state index contributed by atoms with van der Waals surface area (Å²) in [6.07, 6.45) is 1.55. The van der Waals surface area contributed by atoms with Crippen LogP contribution in [0.2, 0.25) is 0 Å². The van der Waals surface area contributed by atoms with E-state index in [4.69, 9.17) is 9.68 Å². The van der Waals surface area contributed by atoms with Gasteiger partial charge < -0.3 is 4.42 Å². The van der Waals surface area contributed by atoms with E-state index in [-0.39, 0.29) is 17.5 Å². The minimum Gasteiger partial charge on any atom is -0.463 e. The van der Waals surface area contributed by atoms with Crippen molar-refractivity contribution < 1.29 is 4.42 Å². The normalized spacial score (nSPS) is 10.8. The molecule has 0 aliphatic rings. The van der Waals surface area contributed by atoms with E-state index >= 15 is 0 Å². The Bertz CT molecular complexity index is 1020. The van der Waals surface area contributed by atoms with Gasteiger partial charge in [0, 0.05) is 14.1 Å². The molecule has 3 heterocycles. The zero-order chi connectivity index (χ0) is 15.9. The predicted molar refractivity (Wildman–Crippen MR) is 79.2 cm³/mol. The van der Waals surface area contributed by atoms with Gasteiger partial charge >= 0.3 is 5.69 Å². The SMILES string of the molecule is Cn1c(=O)c2c(CC#N)cc(-c3ccco3)nc2n(C)c1=O. The third-order valence-corrected chi connectivity index (χ3v) is 3.54. The van der Waals surface area contributed by atoms with E-state index in [0.717, 1.165) is 4.57 Å². The first-order valence-corrected chi connectivity index (χ1v) is 6.55. The van der Waals surface area contributed by atoms with Crippen LogP contribution in [-0.4, -0.2) is 14.1 Å². The Morgan fingerprint density at radius 2 is 2.09 bits per heavy atom. The number of rotatable bonds is 2. The quantitative estimate of drug-likeness (QED) is 0.702. The summed E-state index contributed by atoms with van der Waals surface area (Å²) < 4.78 is 7.62. The molecule has 0 unspecified atom stereocenters. The number of aromatic nitrogens is 3. The van der Waals surface area contributed by atoms with Gasteiger partial charge in [-0.1, -0.05) is 0 Å². The molecule has 0 bridgehead atoms. The fourth-order valence-electron chi connectivity index (χ4n) is 2.40. The number of hydrogen-bond donors (Lipinski definition) is 0. The third kappa shape index (κ3) is 1.93. The Labute approximate surface area is 124 Å². The largest absolute Gasteiger partial charge is 0.463 e. The number of nitrogens with zero attached hydrogens (tertiary/aromatic N) is 4. The second-order valence-electron chi connectivity index (χ2n) is 4.88. The van der Waals surface area contributed by atoms with Crippen LogP contribution in [0, 0.1) is 11.3 Å². The zero-order valence-electron chi connectivity index (χ0n) is 12.0. The molecule has 110 valence electrons. The van der Waals surface area contributed by atoms with Crippen molar-refractivity contribution in [2.75, 3.05) is 0 Å². The molecule has 0 N–H and O–H groups in total. The Morgan fingerprint density at radius 1 is 1.32 bits per heavy atom. The number of furan rings is 1. The second kappa shape index (κ2) is 5.00. The maximum absolute atomic E-state index is 12.4.